The average molecular weight is 264 g/mol. The molecule has 1 aromatic carbocycles. The molecular formula is C15H24N2O2. The average Bonchev–Trinajstić information content (AvgIpc) is 2.59. The summed E-state index contributed by atoms with van der Waals surface area (Å²) < 4.78 is 10.8. The smallest absolute Gasteiger partial charge is 0.142 e. The van der Waals surface area contributed by atoms with Gasteiger partial charge in [-0.3, -0.25) is 0 Å². The maximum absolute atomic E-state index is 5.50. The van der Waals surface area contributed by atoms with Gasteiger partial charge in [0, 0.05) is 24.7 Å². The highest BCUT2D eigenvalue weighted by molar-refractivity contribution is 5.62. The third kappa shape index (κ3) is 3.13. The molecule has 1 aromatic rings. The topological polar surface area (TPSA) is 33.7 Å². The summed E-state index contributed by atoms with van der Waals surface area (Å²) >= 11 is 0. The van der Waals surface area contributed by atoms with Crippen LogP contribution in [-0.4, -0.2) is 39.4 Å². The quantitative estimate of drug-likeness (QED) is 0.908. The van der Waals surface area contributed by atoms with Crippen LogP contribution in [0.3, 0.4) is 0 Å². The zero-order valence-electron chi connectivity index (χ0n) is 12.3. The fourth-order valence-corrected chi connectivity index (χ4v) is 2.59. The van der Waals surface area contributed by atoms with Gasteiger partial charge in [0.15, 0.2) is 0 Å². The number of anilines is 1. The van der Waals surface area contributed by atoms with Crippen molar-refractivity contribution in [3.8, 4) is 11.5 Å². The van der Waals surface area contributed by atoms with E-state index in [9.17, 15) is 0 Å². The van der Waals surface area contributed by atoms with E-state index < -0.39 is 0 Å². The maximum atomic E-state index is 5.50. The van der Waals surface area contributed by atoms with E-state index in [2.05, 4.69) is 30.1 Å². The number of ether oxygens (including phenoxy) is 2. The van der Waals surface area contributed by atoms with Crippen molar-refractivity contribution in [1.82, 2.24) is 5.32 Å². The molecule has 1 saturated heterocycles. The van der Waals surface area contributed by atoms with Crippen LogP contribution < -0.4 is 19.7 Å². The molecule has 0 amide bonds. The second-order valence-corrected chi connectivity index (χ2v) is 5.18. The van der Waals surface area contributed by atoms with Gasteiger partial charge in [-0.2, -0.15) is 0 Å². The van der Waals surface area contributed by atoms with Crippen molar-refractivity contribution in [2.24, 2.45) is 0 Å². The van der Waals surface area contributed by atoms with Crippen LogP contribution in [0.1, 0.15) is 20.3 Å². The Morgan fingerprint density at radius 1 is 1.21 bits per heavy atom. The molecule has 0 spiro atoms. The molecule has 1 aliphatic rings. The molecule has 0 saturated carbocycles. The van der Waals surface area contributed by atoms with Crippen LogP contribution >= 0.6 is 0 Å². The van der Waals surface area contributed by atoms with Crippen molar-refractivity contribution in [3.63, 3.8) is 0 Å². The first-order valence-electron chi connectivity index (χ1n) is 6.87. The molecule has 4 heteroatoms. The molecule has 1 N–H and O–H groups in total. The fraction of sp³-hybridized carbons (Fsp3) is 0.600. The van der Waals surface area contributed by atoms with Gasteiger partial charge in [0.25, 0.3) is 0 Å². The summed E-state index contributed by atoms with van der Waals surface area (Å²) in [5.41, 5.74) is 1.12. The maximum Gasteiger partial charge on any atom is 0.142 e. The van der Waals surface area contributed by atoms with Crippen LogP contribution in [0.15, 0.2) is 18.2 Å². The van der Waals surface area contributed by atoms with Gasteiger partial charge in [0.2, 0.25) is 0 Å². The molecule has 0 aromatic heterocycles. The highest BCUT2D eigenvalue weighted by Crippen LogP contribution is 2.34. The SMILES string of the molecule is COc1ccc(OC)c(N2CC(C)NCCC2C)c1. The van der Waals surface area contributed by atoms with Gasteiger partial charge in [-0.1, -0.05) is 0 Å². The molecule has 1 aliphatic heterocycles. The summed E-state index contributed by atoms with van der Waals surface area (Å²) in [6.07, 6.45) is 1.13. The van der Waals surface area contributed by atoms with Gasteiger partial charge >= 0.3 is 0 Å². The number of hydrogen-bond acceptors (Lipinski definition) is 4. The summed E-state index contributed by atoms with van der Waals surface area (Å²) in [5.74, 6) is 1.77. The van der Waals surface area contributed by atoms with Crippen molar-refractivity contribution >= 4 is 5.69 Å². The summed E-state index contributed by atoms with van der Waals surface area (Å²) in [7, 11) is 3.41. The lowest BCUT2D eigenvalue weighted by Gasteiger charge is -2.32. The fourth-order valence-electron chi connectivity index (χ4n) is 2.59. The normalized spacial score (nSPS) is 23.9. The van der Waals surface area contributed by atoms with Crippen molar-refractivity contribution in [1.29, 1.82) is 0 Å². The first kappa shape index (κ1) is 14.0. The first-order chi connectivity index (χ1) is 9.15. The standard InChI is InChI=1S/C15H24N2O2/c1-11-10-17(12(2)7-8-16-11)14-9-13(18-3)5-6-15(14)19-4/h5-6,9,11-12,16H,7-8,10H2,1-4H3. The summed E-state index contributed by atoms with van der Waals surface area (Å²) in [6, 6.07) is 6.93. The van der Waals surface area contributed by atoms with Gasteiger partial charge in [-0.25, -0.2) is 0 Å². The molecule has 2 unspecified atom stereocenters. The molecule has 2 atom stereocenters. The van der Waals surface area contributed by atoms with Crippen molar-refractivity contribution in [3.05, 3.63) is 18.2 Å². The number of nitrogens with one attached hydrogen (secondary N) is 1. The van der Waals surface area contributed by atoms with Gasteiger partial charge in [-0.15, -0.1) is 0 Å². The minimum atomic E-state index is 0.473. The number of rotatable bonds is 3. The van der Waals surface area contributed by atoms with Crippen molar-refractivity contribution in [2.45, 2.75) is 32.4 Å². The van der Waals surface area contributed by atoms with E-state index in [1.54, 1.807) is 14.2 Å². The molecule has 4 nitrogen and oxygen atoms in total. The Balaban J connectivity index is 2.36. The Bertz CT molecular complexity index is 423. The predicted octanol–water partition coefficient (Wildman–Crippen LogP) is 2.28. The molecule has 2 rings (SSSR count). The lowest BCUT2D eigenvalue weighted by Crippen LogP contribution is -2.38. The minimum Gasteiger partial charge on any atom is -0.497 e. The van der Waals surface area contributed by atoms with Crippen LogP contribution in [-0.2, 0) is 0 Å². The number of benzene rings is 1. The number of hydrogen-bond donors (Lipinski definition) is 1. The zero-order valence-corrected chi connectivity index (χ0v) is 12.3. The Morgan fingerprint density at radius 3 is 2.68 bits per heavy atom. The Kier molecular flexibility index (Phi) is 4.53. The van der Waals surface area contributed by atoms with Crippen LogP contribution in [0.25, 0.3) is 0 Å². The van der Waals surface area contributed by atoms with Crippen LogP contribution in [0.2, 0.25) is 0 Å². The van der Waals surface area contributed by atoms with E-state index in [0.717, 1.165) is 36.7 Å². The van der Waals surface area contributed by atoms with E-state index in [0.29, 0.717) is 12.1 Å². The summed E-state index contributed by atoms with van der Waals surface area (Å²) in [4.78, 5) is 2.41. The van der Waals surface area contributed by atoms with Crippen molar-refractivity contribution in [2.75, 3.05) is 32.2 Å². The third-order valence-corrected chi connectivity index (χ3v) is 3.75. The summed E-state index contributed by atoms with van der Waals surface area (Å²) in [5, 5.41) is 3.53. The molecule has 1 heterocycles. The van der Waals surface area contributed by atoms with E-state index >= 15 is 0 Å². The second-order valence-electron chi connectivity index (χ2n) is 5.18. The molecule has 0 radical (unpaired) electrons. The Morgan fingerprint density at radius 2 is 2.00 bits per heavy atom. The molecule has 1 fully saturated rings. The minimum absolute atomic E-state index is 0.473. The molecule has 0 aliphatic carbocycles. The predicted molar refractivity (Wildman–Crippen MR) is 78.4 cm³/mol. The molecule has 19 heavy (non-hydrogen) atoms. The monoisotopic (exact) mass is 264 g/mol. The van der Waals surface area contributed by atoms with E-state index in [1.807, 2.05) is 12.1 Å². The number of nitrogens with zero attached hydrogens (tertiary/aromatic N) is 1. The second kappa shape index (κ2) is 6.15. The Hall–Kier alpha value is -1.42. The van der Waals surface area contributed by atoms with E-state index in [-0.39, 0.29) is 0 Å². The molecule has 0 bridgehead atoms. The van der Waals surface area contributed by atoms with E-state index in [4.69, 9.17) is 9.47 Å². The van der Waals surface area contributed by atoms with Crippen LogP contribution in [0, 0.1) is 0 Å². The van der Waals surface area contributed by atoms with Crippen LogP contribution in [0.4, 0.5) is 5.69 Å². The first-order valence-corrected chi connectivity index (χ1v) is 6.87. The lowest BCUT2D eigenvalue weighted by molar-refractivity contribution is 0.401. The zero-order chi connectivity index (χ0) is 13.8. The highest BCUT2D eigenvalue weighted by Gasteiger charge is 2.23. The van der Waals surface area contributed by atoms with Crippen LogP contribution in [0.5, 0.6) is 11.5 Å². The highest BCUT2D eigenvalue weighted by atomic mass is 16.5. The van der Waals surface area contributed by atoms with Gasteiger partial charge in [0.05, 0.1) is 19.9 Å². The largest absolute Gasteiger partial charge is 0.497 e. The number of methoxy groups -OCH3 is 2. The molecular weight excluding hydrogens is 240 g/mol. The van der Waals surface area contributed by atoms with Gasteiger partial charge in [-0.05, 0) is 38.9 Å². The Labute approximate surface area is 115 Å². The van der Waals surface area contributed by atoms with Gasteiger partial charge < -0.3 is 19.7 Å². The third-order valence-electron chi connectivity index (χ3n) is 3.75. The van der Waals surface area contributed by atoms with E-state index in [1.165, 1.54) is 0 Å². The van der Waals surface area contributed by atoms with Crippen molar-refractivity contribution < 1.29 is 9.47 Å². The lowest BCUT2D eigenvalue weighted by atomic mass is 10.1. The summed E-state index contributed by atoms with van der Waals surface area (Å²) in [6.45, 7) is 6.52. The van der Waals surface area contributed by atoms with Gasteiger partial charge in [0.1, 0.15) is 11.5 Å². The molecule has 106 valence electrons.